The summed E-state index contributed by atoms with van der Waals surface area (Å²) in [4.78, 5) is 18.1. The number of nitrogens with zero attached hydrogens (tertiary/aromatic N) is 6. The molecule has 1 unspecified atom stereocenters. The summed E-state index contributed by atoms with van der Waals surface area (Å²) >= 11 is 0. The van der Waals surface area contributed by atoms with E-state index in [0.29, 0.717) is 24.9 Å². The van der Waals surface area contributed by atoms with Crippen LogP contribution in [0.15, 0.2) is 29.0 Å². The van der Waals surface area contributed by atoms with Gasteiger partial charge in [-0.05, 0) is 32.9 Å². The smallest absolute Gasteiger partial charge is 0.240 e. The van der Waals surface area contributed by atoms with Gasteiger partial charge in [-0.1, -0.05) is 16.8 Å². The Kier molecular flexibility index (Phi) is 5.50. The lowest BCUT2D eigenvalue weighted by Crippen LogP contribution is -2.46. The van der Waals surface area contributed by atoms with Gasteiger partial charge in [0.05, 0.1) is 12.1 Å². The van der Waals surface area contributed by atoms with Crippen LogP contribution >= 0.6 is 0 Å². The van der Waals surface area contributed by atoms with Crippen LogP contribution in [0.25, 0.3) is 10.9 Å². The second-order valence-corrected chi connectivity index (χ2v) is 7.12. The Balaban J connectivity index is 1.40. The van der Waals surface area contributed by atoms with Crippen LogP contribution in [-0.4, -0.2) is 57.8 Å². The molecule has 0 saturated carbocycles. The van der Waals surface area contributed by atoms with E-state index in [2.05, 4.69) is 55.0 Å². The molecule has 0 spiro atoms. The van der Waals surface area contributed by atoms with Crippen molar-refractivity contribution < 1.29 is 9.26 Å². The highest BCUT2D eigenvalue weighted by molar-refractivity contribution is 5.89. The fourth-order valence-corrected chi connectivity index (χ4v) is 3.54. The first-order valence-corrected chi connectivity index (χ1v) is 9.76. The maximum atomic E-state index is 5.52. The van der Waals surface area contributed by atoms with Gasteiger partial charge in [-0.15, -0.1) is 0 Å². The van der Waals surface area contributed by atoms with Gasteiger partial charge < -0.3 is 14.2 Å². The molecule has 0 aliphatic carbocycles. The third kappa shape index (κ3) is 3.98. The first-order valence-electron chi connectivity index (χ1n) is 9.76. The first kappa shape index (κ1) is 18.8. The van der Waals surface area contributed by atoms with Gasteiger partial charge in [-0.25, -0.2) is 9.97 Å². The molecule has 3 heterocycles. The fraction of sp³-hybridized carbons (Fsp3) is 0.500. The molecule has 0 bridgehead atoms. The van der Waals surface area contributed by atoms with Crippen molar-refractivity contribution in [3.05, 3.63) is 41.8 Å². The molecule has 2 aromatic heterocycles. The molecule has 1 aliphatic heterocycles. The highest BCUT2D eigenvalue weighted by atomic mass is 16.5. The van der Waals surface area contributed by atoms with E-state index in [1.165, 1.54) is 5.56 Å². The zero-order chi connectivity index (χ0) is 19.5. The van der Waals surface area contributed by atoms with Gasteiger partial charge in [0.15, 0.2) is 5.82 Å². The van der Waals surface area contributed by atoms with Gasteiger partial charge in [0, 0.05) is 38.2 Å². The van der Waals surface area contributed by atoms with E-state index >= 15 is 0 Å². The van der Waals surface area contributed by atoms with Crippen LogP contribution in [0, 0.1) is 6.92 Å². The van der Waals surface area contributed by atoms with E-state index in [1.807, 2.05) is 13.8 Å². The van der Waals surface area contributed by atoms with Crippen LogP contribution in [0.5, 0.6) is 0 Å². The minimum atomic E-state index is -0.145. The Labute approximate surface area is 164 Å². The number of anilines is 1. The number of piperazine rings is 1. The van der Waals surface area contributed by atoms with Gasteiger partial charge in [0.2, 0.25) is 5.89 Å². The zero-order valence-electron chi connectivity index (χ0n) is 16.6. The third-order valence-electron chi connectivity index (χ3n) is 5.06. The molecule has 3 aromatic rings. The summed E-state index contributed by atoms with van der Waals surface area (Å²) in [5.41, 5.74) is 2.20. The van der Waals surface area contributed by atoms with E-state index < -0.39 is 0 Å². The average Bonchev–Trinajstić information content (AvgIpc) is 3.17. The second-order valence-electron chi connectivity index (χ2n) is 7.12. The first-order chi connectivity index (χ1) is 13.6. The summed E-state index contributed by atoms with van der Waals surface area (Å²) in [6.45, 7) is 10.9. The molecule has 1 aromatic carbocycles. The predicted molar refractivity (Wildman–Crippen MR) is 106 cm³/mol. The normalized spacial score (nSPS) is 16.6. The highest BCUT2D eigenvalue weighted by Crippen LogP contribution is 2.25. The molecule has 1 aliphatic rings. The number of benzene rings is 1. The average molecular weight is 382 g/mol. The number of ether oxygens (including phenoxy) is 1. The van der Waals surface area contributed by atoms with Crippen LogP contribution < -0.4 is 4.90 Å². The summed E-state index contributed by atoms with van der Waals surface area (Å²) < 4.78 is 10.9. The third-order valence-corrected chi connectivity index (χ3v) is 5.06. The molecular weight excluding hydrogens is 356 g/mol. The summed E-state index contributed by atoms with van der Waals surface area (Å²) in [5, 5.41) is 5.15. The molecule has 148 valence electrons. The number of fused-ring (bicyclic) bond motifs is 1. The maximum Gasteiger partial charge on any atom is 0.240 e. The van der Waals surface area contributed by atoms with E-state index in [4.69, 9.17) is 9.26 Å². The number of aromatic nitrogens is 4. The van der Waals surface area contributed by atoms with Crippen molar-refractivity contribution >= 4 is 16.7 Å². The molecule has 0 N–H and O–H groups in total. The number of hydrogen-bond donors (Lipinski definition) is 0. The van der Waals surface area contributed by atoms with E-state index in [0.717, 1.165) is 42.9 Å². The zero-order valence-corrected chi connectivity index (χ0v) is 16.6. The minimum absolute atomic E-state index is 0.145. The summed E-state index contributed by atoms with van der Waals surface area (Å²) in [7, 11) is 0. The lowest BCUT2D eigenvalue weighted by atomic mass is 10.1. The van der Waals surface area contributed by atoms with E-state index in [9.17, 15) is 0 Å². The molecule has 4 rings (SSSR count). The molecule has 1 atom stereocenters. The van der Waals surface area contributed by atoms with Crippen LogP contribution in [0.1, 0.15) is 37.2 Å². The number of hydrogen-bond acceptors (Lipinski definition) is 8. The van der Waals surface area contributed by atoms with E-state index in [1.54, 1.807) is 6.33 Å². The molecule has 8 heteroatoms. The lowest BCUT2D eigenvalue weighted by Gasteiger charge is -2.35. The van der Waals surface area contributed by atoms with E-state index in [-0.39, 0.29) is 6.10 Å². The second kappa shape index (κ2) is 8.20. The van der Waals surface area contributed by atoms with Crippen molar-refractivity contribution in [2.24, 2.45) is 0 Å². The summed E-state index contributed by atoms with van der Waals surface area (Å²) in [6, 6.07) is 6.31. The standard InChI is InChI=1S/C20H26N6O2/c1-4-27-15(3)19-23-18(28-24-19)12-25-7-9-26(10-8-25)20-16-11-14(2)5-6-17(16)21-13-22-20/h5-6,11,13,15H,4,7-10,12H2,1-3H3. The molecule has 0 radical (unpaired) electrons. The van der Waals surface area contributed by atoms with Crippen LogP contribution in [0.3, 0.4) is 0 Å². The predicted octanol–water partition coefficient (Wildman–Crippen LogP) is 2.74. The van der Waals surface area contributed by atoms with Crippen LogP contribution in [0.4, 0.5) is 5.82 Å². The summed E-state index contributed by atoms with van der Waals surface area (Å²) in [6.07, 6.45) is 1.51. The number of rotatable bonds is 6. The molecular formula is C20H26N6O2. The van der Waals surface area contributed by atoms with Gasteiger partial charge >= 0.3 is 0 Å². The van der Waals surface area contributed by atoms with Crippen molar-refractivity contribution in [2.75, 3.05) is 37.7 Å². The molecule has 28 heavy (non-hydrogen) atoms. The largest absolute Gasteiger partial charge is 0.371 e. The topological polar surface area (TPSA) is 80.4 Å². The Hall–Kier alpha value is -2.58. The lowest BCUT2D eigenvalue weighted by molar-refractivity contribution is 0.0683. The van der Waals surface area contributed by atoms with Gasteiger partial charge in [0.1, 0.15) is 18.2 Å². The molecule has 1 fully saturated rings. The Morgan fingerprint density at radius 2 is 2.00 bits per heavy atom. The number of aryl methyl sites for hydroxylation is 1. The quantitative estimate of drug-likeness (QED) is 0.644. The van der Waals surface area contributed by atoms with Crippen molar-refractivity contribution in [3.63, 3.8) is 0 Å². The van der Waals surface area contributed by atoms with Gasteiger partial charge in [-0.2, -0.15) is 4.98 Å². The summed E-state index contributed by atoms with van der Waals surface area (Å²) in [5.74, 6) is 2.26. The van der Waals surface area contributed by atoms with Crippen molar-refractivity contribution in [1.82, 2.24) is 25.0 Å². The van der Waals surface area contributed by atoms with Gasteiger partial charge in [-0.3, -0.25) is 4.90 Å². The fourth-order valence-electron chi connectivity index (χ4n) is 3.54. The van der Waals surface area contributed by atoms with Crippen molar-refractivity contribution in [1.29, 1.82) is 0 Å². The van der Waals surface area contributed by atoms with Crippen LogP contribution in [-0.2, 0) is 11.3 Å². The SMILES string of the molecule is CCOC(C)c1noc(CN2CCN(c3ncnc4ccc(C)cc34)CC2)n1. The molecule has 8 nitrogen and oxygen atoms in total. The Morgan fingerprint density at radius 1 is 1.18 bits per heavy atom. The monoisotopic (exact) mass is 382 g/mol. The van der Waals surface area contributed by atoms with Gasteiger partial charge in [0.25, 0.3) is 0 Å². The Bertz CT molecular complexity index is 935. The minimum Gasteiger partial charge on any atom is -0.371 e. The van der Waals surface area contributed by atoms with Crippen molar-refractivity contribution in [3.8, 4) is 0 Å². The maximum absolute atomic E-state index is 5.52. The van der Waals surface area contributed by atoms with Crippen LogP contribution in [0.2, 0.25) is 0 Å². The molecule has 1 saturated heterocycles. The van der Waals surface area contributed by atoms with Crippen molar-refractivity contribution in [2.45, 2.75) is 33.4 Å². The molecule has 0 amide bonds. The highest BCUT2D eigenvalue weighted by Gasteiger charge is 2.22. The Morgan fingerprint density at radius 3 is 2.79 bits per heavy atom.